The summed E-state index contributed by atoms with van der Waals surface area (Å²) in [7, 11) is 0. The average Bonchev–Trinajstić information content (AvgIpc) is 3.44. The topological polar surface area (TPSA) is 82.6 Å². The molecular weight excluding hydrogens is 432 g/mol. The van der Waals surface area contributed by atoms with E-state index in [2.05, 4.69) is 37.1 Å². The first-order valence-electron chi connectivity index (χ1n) is 8.39. The maximum atomic E-state index is 11.7. The highest BCUT2D eigenvalue weighted by atomic mass is 79.9. The molecule has 0 bridgehead atoms. The number of halogens is 2. The van der Waals surface area contributed by atoms with E-state index in [1.54, 1.807) is 0 Å². The molecular formula is C19H18BrClN4O2. The van der Waals surface area contributed by atoms with Gasteiger partial charge in [-0.05, 0) is 55.7 Å². The molecule has 3 rings (SSSR count). The van der Waals surface area contributed by atoms with Crippen molar-refractivity contribution in [1.82, 2.24) is 10.7 Å². The minimum absolute atomic E-state index is 0.119. The number of hydrogen-bond donors (Lipinski definition) is 3. The third-order valence-electron chi connectivity index (χ3n) is 3.97. The maximum Gasteiger partial charge on any atom is 0.329 e. The normalized spacial score (nSPS) is 13.4. The lowest BCUT2D eigenvalue weighted by Crippen LogP contribution is -2.38. The molecule has 0 saturated heterocycles. The summed E-state index contributed by atoms with van der Waals surface area (Å²) in [5.74, 6) is -1.45. The van der Waals surface area contributed by atoms with Gasteiger partial charge >= 0.3 is 11.8 Å². The van der Waals surface area contributed by atoms with Gasteiger partial charge in [-0.2, -0.15) is 5.10 Å². The fraction of sp³-hybridized carbons (Fsp3) is 0.211. The highest BCUT2D eigenvalue weighted by Gasteiger charge is 2.26. The van der Waals surface area contributed by atoms with Crippen molar-refractivity contribution in [3.63, 3.8) is 0 Å². The molecule has 1 fully saturated rings. The lowest BCUT2D eigenvalue weighted by Gasteiger charge is -2.13. The Morgan fingerprint density at radius 1 is 1.15 bits per heavy atom. The second-order valence-corrected chi connectivity index (χ2v) is 7.61. The second-order valence-electron chi connectivity index (χ2n) is 6.26. The molecule has 0 spiro atoms. The summed E-state index contributed by atoms with van der Waals surface area (Å²) in [6.07, 6.45) is 3.31. The molecule has 8 heteroatoms. The van der Waals surface area contributed by atoms with E-state index < -0.39 is 11.8 Å². The Balaban J connectivity index is 1.72. The van der Waals surface area contributed by atoms with Crippen molar-refractivity contribution in [1.29, 1.82) is 0 Å². The highest BCUT2D eigenvalue weighted by Crippen LogP contribution is 2.27. The van der Waals surface area contributed by atoms with Crippen molar-refractivity contribution >= 4 is 56.9 Å². The number of hydrogen-bond acceptors (Lipinski definition) is 4. The fourth-order valence-electron chi connectivity index (χ4n) is 2.32. The van der Waals surface area contributed by atoms with Gasteiger partial charge in [0.2, 0.25) is 0 Å². The van der Waals surface area contributed by atoms with E-state index in [1.165, 1.54) is 6.21 Å². The molecule has 3 N–H and O–H groups in total. The summed E-state index contributed by atoms with van der Waals surface area (Å²) in [5, 5.41) is 10.5. The first kappa shape index (κ1) is 19.4. The van der Waals surface area contributed by atoms with E-state index in [0.717, 1.165) is 39.8 Å². The molecule has 0 aliphatic heterocycles. The standard InChI is InChI=1S/C19H18BrClN4O2/c1-11-2-4-14(21)9-17(11)24-16-7-3-13(20)8-12(16)10-22-25-19(27)18(26)23-15-5-6-15/h2-4,7-10,15,24H,5-6H2,1H3,(H,23,26)(H,25,27)/b22-10-. The number of nitrogens with one attached hydrogen (secondary N) is 3. The predicted molar refractivity (Wildman–Crippen MR) is 111 cm³/mol. The van der Waals surface area contributed by atoms with Crippen molar-refractivity contribution in [3.05, 3.63) is 57.0 Å². The molecule has 1 saturated carbocycles. The molecule has 2 amide bonds. The summed E-state index contributed by atoms with van der Waals surface area (Å²) in [5.41, 5.74) is 5.66. The Kier molecular flexibility index (Phi) is 6.13. The lowest BCUT2D eigenvalue weighted by molar-refractivity contribution is -0.139. The zero-order valence-electron chi connectivity index (χ0n) is 14.6. The maximum absolute atomic E-state index is 11.7. The van der Waals surface area contributed by atoms with Gasteiger partial charge in [0.15, 0.2) is 0 Å². The number of amides is 2. The van der Waals surface area contributed by atoms with Gasteiger partial charge in [0.25, 0.3) is 0 Å². The van der Waals surface area contributed by atoms with Gasteiger partial charge in [-0.3, -0.25) is 9.59 Å². The van der Waals surface area contributed by atoms with Crippen molar-refractivity contribution in [2.45, 2.75) is 25.8 Å². The molecule has 27 heavy (non-hydrogen) atoms. The van der Waals surface area contributed by atoms with Crippen molar-refractivity contribution in [2.24, 2.45) is 5.10 Å². The fourth-order valence-corrected chi connectivity index (χ4v) is 2.87. The van der Waals surface area contributed by atoms with E-state index in [-0.39, 0.29) is 6.04 Å². The smallest absolute Gasteiger partial charge is 0.329 e. The van der Waals surface area contributed by atoms with Gasteiger partial charge in [0, 0.05) is 32.5 Å². The Morgan fingerprint density at radius 2 is 1.93 bits per heavy atom. The van der Waals surface area contributed by atoms with Gasteiger partial charge in [0.05, 0.1) is 6.21 Å². The summed E-state index contributed by atoms with van der Waals surface area (Å²) in [6, 6.07) is 11.3. The molecule has 0 aromatic heterocycles. The van der Waals surface area contributed by atoms with Crippen LogP contribution >= 0.6 is 27.5 Å². The molecule has 2 aromatic rings. The lowest BCUT2D eigenvalue weighted by atomic mass is 10.1. The van der Waals surface area contributed by atoms with Crippen molar-refractivity contribution in [3.8, 4) is 0 Å². The van der Waals surface area contributed by atoms with Crippen LogP contribution in [0.4, 0.5) is 11.4 Å². The van der Waals surface area contributed by atoms with Crippen LogP contribution in [-0.2, 0) is 9.59 Å². The second kappa shape index (κ2) is 8.54. The summed E-state index contributed by atoms with van der Waals surface area (Å²) < 4.78 is 0.857. The third-order valence-corrected chi connectivity index (χ3v) is 4.70. The van der Waals surface area contributed by atoms with Crippen LogP contribution in [0.15, 0.2) is 46.0 Å². The number of aryl methyl sites for hydroxylation is 1. The van der Waals surface area contributed by atoms with E-state index in [0.29, 0.717) is 5.02 Å². The van der Waals surface area contributed by atoms with Crippen LogP contribution in [0.1, 0.15) is 24.0 Å². The SMILES string of the molecule is Cc1ccc(Cl)cc1Nc1ccc(Br)cc1/C=N\NC(=O)C(=O)NC1CC1. The molecule has 1 aliphatic rings. The Labute approximate surface area is 170 Å². The van der Waals surface area contributed by atoms with Gasteiger partial charge in [-0.15, -0.1) is 0 Å². The summed E-state index contributed by atoms with van der Waals surface area (Å²) >= 11 is 9.50. The third kappa shape index (κ3) is 5.55. The van der Waals surface area contributed by atoms with Crippen LogP contribution in [-0.4, -0.2) is 24.1 Å². The molecule has 1 aliphatic carbocycles. The molecule has 6 nitrogen and oxygen atoms in total. The predicted octanol–water partition coefficient (Wildman–Crippen LogP) is 3.88. The average molecular weight is 450 g/mol. The zero-order valence-corrected chi connectivity index (χ0v) is 16.9. The minimum Gasteiger partial charge on any atom is -0.355 e. The molecule has 0 radical (unpaired) electrons. The summed E-state index contributed by atoms with van der Waals surface area (Å²) in [6.45, 7) is 1.98. The minimum atomic E-state index is -0.784. The number of nitrogens with zero attached hydrogens (tertiary/aromatic N) is 1. The zero-order chi connectivity index (χ0) is 19.4. The monoisotopic (exact) mass is 448 g/mol. The number of hydrazone groups is 1. The van der Waals surface area contributed by atoms with Crippen LogP contribution in [0.5, 0.6) is 0 Å². The van der Waals surface area contributed by atoms with Crippen molar-refractivity contribution in [2.75, 3.05) is 5.32 Å². The molecule has 140 valence electrons. The van der Waals surface area contributed by atoms with Crippen LogP contribution in [0.3, 0.4) is 0 Å². The largest absolute Gasteiger partial charge is 0.355 e. The van der Waals surface area contributed by atoms with Gasteiger partial charge in [-0.25, -0.2) is 5.43 Å². The quantitative estimate of drug-likeness (QED) is 0.368. The number of rotatable bonds is 5. The van der Waals surface area contributed by atoms with E-state index in [1.807, 2.05) is 43.3 Å². The molecule has 0 atom stereocenters. The van der Waals surface area contributed by atoms with E-state index >= 15 is 0 Å². The Morgan fingerprint density at radius 3 is 2.67 bits per heavy atom. The number of anilines is 2. The van der Waals surface area contributed by atoms with E-state index in [9.17, 15) is 9.59 Å². The molecule has 2 aromatic carbocycles. The van der Waals surface area contributed by atoms with E-state index in [4.69, 9.17) is 11.6 Å². The van der Waals surface area contributed by atoms with Crippen LogP contribution in [0.2, 0.25) is 5.02 Å². The van der Waals surface area contributed by atoms with Gasteiger partial charge in [-0.1, -0.05) is 33.6 Å². The first-order chi connectivity index (χ1) is 12.9. The van der Waals surface area contributed by atoms with Crippen LogP contribution in [0.25, 0.3) is 0 Å². The summed E-state index contributed by atoms with van der Waals surface area (Å²) in [4.78, 5) is 23.4. The van der Waals surface area contributed by atoms with Crippen LogP contribution in [0, 0.1) is 6.92 Å². The highest BCUT2D eigenvalue weighted by molar-refractivity contribution is 9.10. The van der Waals surface area contributed by atoms with Crippen LogP contribution < -0.4 is 16.1 Å². The van der Waals surface area contributed by atoms with Gasteiger partial charge < -0.3 is 10.6 Å². The number of carbonyl (C=O) groups excluding carboxylic acids is 2. The molecule has 0 heterocycles. The number of carbonyl (C=O) groups is 2. The first-order valence-corrected chi connectivity index (χ1v) is 9.56. The Bertz CT molecular complexity index is 913. The van der Waals surface area contributed by atoms with Crippen molar-refractivity contribution < 1.29 is 9.59 Å². The molecule has 0 unspecified atom stereocenters. The van der Waals surface area contributed by atoms with Gasteiger partial charge in [0.1, 0.15) is 0 Å². The Hall–Kier alpha value is -2.38. The number of benzene rings is 2.